The molecule has 1 aliphatic rings. The van der Waals surface area contributed by atoms with Crippen molar-refractivity contribution in [3.63, 3.8) is 0 Å². The third-order valence-corrected chi connectivity index (χ3v) is 6.50. The summed E-state index contributed by atoms with van der Waals surface area (Å²) in [6.45, 7) is 3.92. The van der Waals surface area contributed by atoms with Gasteiger partial charge in [-0.3, -0.25) is 9.69 Å². The molecule has 1 atom stereocenters. The monoisotopic (exact) mass is 437 g/mol. The van der Waals surface area contributed by atoms with Gasteiger partial charge >= 0.3 is 5.97 Å². The second-order valence-electron chi connectivity index (χ2n) is 5.43. The van der Waals surface area contributed by atoms with Crippen molar-refractivity contribution < 1.29 is 17.9 Å². The smallest absolute Gasteiger partial charge is 0.323 e. The average Bonchev–Trinajstić information content (AvgIpc) is 2.49. The van der Waals surface area contributed by atoms with E-state index in [0.717, 1.165) is 11.1 Å². The molecule has 0 bridgehead atoms. The molecule has 1 aliphatic heterocycles. The third kappa shape index (κ3) is 5.20. The Morgan fingerprint density at radius 2 is 1.86 bits per heavy atom. The fourth-order valence-electron chi connectivity index (χ4n) is 2.19. The number of nitrogens with zero attached hydrogens (tertiary/aromatic N) is 1. The molecule has 1 aromatic rings. The highest BCUT2D eigenvalue weighted by Crippen LogP contribution is 2.25. The predicted octanol–water partition coefficient (Wildman–Crippen LogP) is 1.74. The van der Waals surface area contributed by atoms with E-state index in [-0.39, 0.29) is 21.4 Å². The Labute approximate surface area is 145 Å². The van der Waals surface area contributed by atoms with Gasteiger partial charge in [0.15, 0.2) is 9.84 Å². The van der Waals surface area contributed by atoms with Gasteiger partial charge in [-0.15, -0.1) is 0 Å². The van der Waals surface area contributed by atoms with Gasteiger partial charge in [-0.1, -0.05) is 52.4 Å². The minimum atomic E-state index is -2.86. The Balaban J connectivity index is 1.75. The molecule has 1 saturated heterocycles. The van der Waals surface area contributed by atoms with Crippen molar-refractivity contribution >= 4 is 38.4 Å². The van der Waals surface area contributed by atoms with Gasteiger partial charge < -0.3 is 4.74 Å². The van der Waals surface area contributed by atoms with Crippen LogP contribution in [-0.4, -0.2) is 57.0 Å². The van der Waals surface area contributed by atoms with Crippen LogP contribution in [0.3, 0.4) is 0 Å². The minimum Gasteiger partial charge on any atom is -0.463 e. The van der Waals surface area contributed by atoms with E-state index in [0.29, 0.717) is 26.2 Å². The summed E-state index contributed by atoms with van der Waals surface area (Å²) in [7, 11) is -2.86. The van der Waals surface area contributed by atoms with Gasteiger partial charge in [0.2, 0.25) is 0 Å². The number of esters is 1. The van der Waals surface area contributed by atoms with Crippen molar-refractivity contribution in [3.05, 3.63) is 35.4 Å². The van der Waals surface area contributed by atoms with Gasteiger partial charge in [-0.05, 0) is 12.5 Å². The molecule has 5 nitrogen and oxygen atoms in total. The van der Waals surface area contributed by atoms with Crippen LogP contribution in [0.1, 0.15) is 15.1 Å². The topological polar surface area (TPSA) is 63.7 Å². The van der Waals surface area contributed by atoms with E-state index in [4.69, 9.17) is 4.74 Å². The Bertz CT molecular complexity index is 601. The SMILES string of the molecule is Cc1ccc(C(I)C(=O)OCCN2CCS(=O)(=O)CC2)cc1. The zero-order valence-electron chi connectivity index (χ0n) is 12.5. The highest BCUT2D eigenvalue weighted by Gasteiger charge is 2.22. The lowest BCUT2D eigenvalue weighted by Crippen LogP contribution is -2.42. The molecule has 0 aliphatic carbocycles. The Morgan fingerprint density at radius 3 is 2.45 bits per heavy atom. The van der Waals surface area contributed by atoms with E-state index in [1.54, 1.807) is 0 Å². The number of rotatable bonds is 5. The zero-order valence-corrected chi connectivity index (χ0v) is 15.5. The maximum Gasteiger partial charge on any atom is 0.323 e. The summed E-state index contributed by atoms with van der Waals surface area (Å²) in [6.07, 6.45) is 0. The first-order chi connectivity index (χ1) is 10.4. The molecule has 1 aromatic carbocycles. The van der Waals surface area contributed by atoms with Gasteiger partial charge in [0, 0.05) is 19.6 Å². The second kappa shape index (κ2) is 7.74. The third-order valence-electron chi connectivity index (χ3n) is 3.67. The number of benzene rings is 1. The summed E-state index contributed by atoms with van der Waals surface area (Å²) >= 11 is 2.08. The van der Waals surface area contributed by atoms with Crippen LogP contribution in [0.4, 0.5) is 0 Å². The van der Waals surface area contributed by atoms with Gasteiger partial charge in [-0.2, -0.15) is 0 Å². The number of carbonyl (C=O) groups is 1. The van der Waals surface area contributed by atoms with Crippen LogP contribution in [0.5, 0.6) is 0 Å². The lowest BCUT2D eigenvalue weighted by Gasteiger charge is -2.26. The van der Waals surface area contributed by atoms with E-state index >= 15 is 0 Å². The molecular weight excluding hydrogens is 417 g/mol. The van der Waals surface area contributed by atoms with E-state index in [1.807, 2.05) is 36.1 Å². The summed E-state index contributed by atoms with van der Waals surface area (Å²) in [6, 6.07) is 7.82. The molecule has 1 heterocycles. The number of alkyl halides is 1. The molecular formula is C15H20INO4S. The van der Waals surface area contributed by atoms with Crippen LogP contribution < -0.4 is 0 Å². The Kier molecular flexibility index (Phi) is 6.22. The predicted molar refractivity (Wildman–Crippen MR) is 94.0 cm³/mol. The zero-order chi connectivity index (χ0) is 16.2. The fraction of sp³-hybridized carbons (Fsp3) is 0.533. The molecule has 0 aromatic heterocycles. The first-order valence-corrected chi connectivity index (χ1v) is 10.2. The number of ether oxygens (including phenoxy) is 1. The first kappa shape index (κ1) is 17.7. The average molecular weight is 437 g/mol. The van der Waals surface area contributed by atoms with Crippen molar-refractivity contribution in [1.29, 1.82) is 0 Å². The van der Waals surface area contributed by atoms with Crippen LogP contribution in [0, 0.1) is 6.92 Å². The van der Waals surface area contributed by atoms with E-state index in [9.17, 15) is 13.2 Å². The summed E-state index contributed by atoms with van der Waals surface area (Å²) in [5.41, 5.74) is 2.08. The number of hydrogen-bond acceptors (Lipinski definition) is 5. The highest BCUT2D eigenvalue weighted by atomic mass is 127. The van der Waals surface area contributed by atoms with Crippen molar-refractivity contribution in [2.45, 2.75) is 10.8 Å². The normalized spacial score (nSPS) is 19.5. The highest BCUT2D eigenvalue weighted by molar-refractivity contribution is 14.1. The number of aryl methyl sites for hydroxylation is 1. The molecule has 122 valence electrons. The molecule has 0 amide bonds. The lowest BCUT2D eigenvalue weighted by molar-refractivity contribution is -0.143. The molecule has 0 spiro atoms. The van der Waals surface area contributed by atoms with Crippen LogP contribution in [-0.2, 0) is 19.4 Å². The molecule has 0 radical (unpaired) electrons. The van der Waals surface area contributed by atoms with Crippen molar-refractivity contribution in [2.75, 3.05) is 37.7 Å². The van der Waals surface area contributed by atoms with E-state index in [1.165, 1.54) is 0 Å². The maximum absolute atomic E-state index is 12.0. The molecule has 0 N–H and O–H groups in total. The van der Waals surface area contributed by atoms with E-state index in [2.05, 4.69) is 22.6 Å². The largest absolute Gasteiger partial charge is 0.463 e. The lowest BCUT2D eigenvalue weighted by atomic mass is 10.1. The molecule has 1 unspecified atom stereocenters. The number of hydrogen-bond donors (Lipinski definition) is 0. The molecule has 2 rings (SSSR count). The van der Waals surface area contributed by atoms with Gasteiger partial charge in [0.1, 0.15) is 10.5 Å². The summed E-state index contributed by atoms with van der Waals surface area (Å²) in [5.74, 6) is 0.132. The fourth-order valence-corrected chi connectivity index (χ4v) is 4.07. The summed E-state index contributed by atoms with van der Waals surface area (Å²) in [4.78, 5) is 14.0. The Hall–Kier alpha value is -0.670. The molecule has 22 heavy (non-hydrogen) atoms. The second-order valence-corrected chi connectivity index (χ2v) is 8.98. The Morgan fingerprint density at radius 1 is 1.27 bits per heavy atom. The summed E-state index contributed by atoms with van der Waals surface area (Å²) < 4.78 is 27.7. The van der Waals surface area contributed by atoms with Crippen molar-refractivity contribution in [2.24, 2.45) is 0 Å². The van der Waals surface area contributed by atoms with Crippen LogP contribution in [0.2, 0.25) is 0 Å². The van der Waals surface area contributed by atoms with Crippen LogP contribution in [0.25, 0.3) is 0 Å². The molecule has 7 heteroatoms. The summed E-state index contributed by atoms with van der Waals surface area (Å²) in [5, 5.41) is 0. The minimum absolute atomic E-state index is 0.194. The standard InChI is InChI=1S/C15H20INO4S/c1-12-2-4-13(5-3-12)14(16)15(18)21-9-6-17-7-10-22(19,20)11-8-17/h2-5,14H,6-11H2,1H3. The van der Waals surface area contributed by atoms with Crippen LogP contribution in [0.15, 0.2) is 24.3 Å². The number of halogens is 1. The quantitative estimate of drug-likeness (QED) is 0.399. The van der Waals surface area contributed by atoms with Gasteiger partial charge in [0.25, 0.3) is 0 Å². The number of sulfone groups is 1. The molecule has 0 saturated carbocycles. The van der Waals surface area contributed by atoms with Gasteiger partial charge in [-0.25, -0.2) is 8.42 Å². The van der Waals surface area contributed by atoms with Crippen molar-refractivity contribution in [1.82, 2.24) is 4.90 Å². The van der Waals surface area contributed by atoms with Crippen molar-refractivity contribution in [3.8, 4) is 0 Å². The first-order valence-electron chi connectivity index (χ1n) is 7.17. The number of carbonyl (C=O) groups excluding carboxylic acids is 1. The van der Waals surface area contributed by atoms with Crippen LogP contribution >= 0.6 is 22.6 Å². The molecule has 1 fully saturated rings. The van der Waals surface area contributed by atoms with Gasteiger partial charge in [0.05, 0.1) is 11.5 Å². The van der Waals surface area contributed by atoms with E-state index < -0.39 is 9.84 Å². The maximum atomic E-state index is 12.0.